The summed E-state index contributed by atoms with van der Waals surface area (Å²) in [5.41, 5.74) is -0.834. The minimum Gasteiger partial charge on any atom is -0.465 e. The minimum absolute atomic E-state index is 0.0309. The SMILES string of the molecule is COC(=O)c1c([N+](=O)[O-])cc(NCc2ccccc2)c(NC2CCCCC2)c1[N+](=O)[O-]. The molecule has 10 nitrogen and oxygen atoms in total. The molecule has 0 bridgehead atoms. The molecule has 1 aliphatic carbocycles. The predicted molar refractivity (Wildman–Crippen MR) is 115 cm³/mol. The highest BCUT2D eigenvalue weighted by molar-refractivity contribution is 6.04. The summed E-state index contributed by atoms with van der Waals surface area (Å²) in [6.07, 6.45) is 4.69. The molecule has 0 amide bonds. The Morgan fingerprint density at radius 1 is 1.10 bits per heavy atom. The van der Waals surface area contributed by atoms with Crippen LogP contribution in [0.3, 0.4) is 0 Å². The third-order valence-corrected chi connectivity index (χ3v) is 5.33. The van der Waals surface area contributed by atoms with Gasteiger partial charge in [-0.15, -0.1) is 0 Å². The van der Waals surface area contributed by atoms with Crippen LogP contribution in [0.2, 0.25) is 0 Å². The molecule has 0 atom stereocenters. The van der Waals surface area contributed by atoms with Gasteiger partial charge in [0.25, 0.3) is 5.69 Å². The maximum absolute atomic E-state index is 12.3. The summed E-state index contributed by atoms with van der Waals surface area (Å²) in [5, 5.41) is 29.9. The Kier molecular flexibility index (Phi) is 7.01. The Morgan fingerprint density at radius 2 is 1.77 bits per heavy atom. The van der Waals surface area contributed by atoms with Crippen LogP contribution in [0.25, 0.3) is 0 Å². The van der Waals surface area contributed by atoms with Gasteiger partial charge in [0.15, 0.2) is 0 Å². The lowest BCUT2D eigenvalue weighted by atomic mass is 9.94. The van der Waals surface area contributed by atoms with Crippen molar-refractivity contribution in [2.45, 2.75) is 44.7 Å². The second kappa shape index (κ2) is 9.88. The van der Waals surface area contributed by atoms with E-state index in [-0.39, 0.29) is 17.4 Å². The topological polar surface area (TPSA) is 137 Å². The third kappa shape index (κ3) is 5.08. The van der Waals surface area contributed by atoms with E-state index in [1.807, 2.05) is 30.3 Å². The lowest BCUT2D eigenvalue weighted by Gasteiger charge is -2.25. The van der Waals surface area contributed by atoms with Gasteiger partial charge in [0.1, 0.15) is 5.69 Å². The van der Waals surface area contributed by atoms with Crippen molar-refractivity contribution in [2.75, 3.05) is 17.7 Å². The van der Waals surface area contributed by atoms with E-state index in [0.717, 1.165) is 50.8 Å². The summed E-state index contributed by atoms with van der Waals surface area (Å²) < 4.78 is 4.64. The summed E-state index contributed by atoms with van der Waals surface area (Å²) in [4.78, 5) is 34.4. The number of nitro groups is 2. The van der Waals surface area contributed by atoms with Crippen molar-refractivity contribution in [2.24, 2.45) is 0 Å². The molecule has 0 radical (unpaired) electrons. The highest BCUT2D eigenvalue weighted by atomic mass is 16.6. The Labute approximate surface area is 178 Å². The molecular formula is C21H24N4O6. The van der Waals surface area contributed by atoms with Crippen LogP contribution < -0.4 is 10.6 Å². The van der Waals surface area contributed by atoms with E-state index in [2.05, 4.69) is 15.4 Å². The number of ether oxygens (including phenoxy) is 1. The number of hydrogen-bond acceptors (Lipinski definition) is 8. The second-order valence-corrected chi connectivity index (χ2v) is 7.37. The number of anilines is 2. The van der Waals surface area contributed by atoms with Crippen LogP contribution in [-0.4, -0.2) is 29.0 Å². The van der Waals surface area contributed by atoms with Crippen molar-refractivity contribution < 1.29 is 19.4 Å². The van der Waals surface area contributed by atoms with Crippen molar-refractivity contribution in [3.05, 3.63) is 67.8 Å². The van der Waals surface area contributed by atoms with Gasteiger partial charge in [-0.1, -0.05) is 49.6 Å². The molecular weight excluding hydrogens is 404 g/mol. The average molecular weight is 428 g/mol. The monoisotopic (exact) mass is 428 g/mol. The summed E-state index contributed by atoms with van der Waals surface area (Å²) in [6, 6.07) is 10.4. The fourth-order valence-electron chi connectivity index (χ4n) is 3.81. The Balaban J connectivity index is 2.14. The average Bonchev–Trinajstić information content (AvgIpc) is 2.78. The zero-order valence-electron chi connectivity index (χ0n) is 17.1. The van der Waals surface area contributed by atoms with E-state index in [9.17, 15) is 25.0 Å². The van der Waals surface area contributed by atoms with E-state index in [1.54, 1.807) is 0 Å². The molecule has 2 aromatic carbocycles. The summed E-state index contributed by atoms with van der Waals surface area (Å²) in [6.45, 7) is 0.298. The molecule has 0 aromatic heterocycles. The first-order chi connectivity index (χ1) is 14.9. The van der Waals surface area contributed by atoms with E-state index in [1.165, 1.54) is 0 Å². The first-order valence-corrected chi connectivity index (χ1v) is 10.0. The standard InChI is InChI=1S/C21H24N4O6/c1-31-21(26)18-17(24(27)28)12-16(22-13-14-8-4-2-5-9-14)19(20(18)25(29)30)23-15-10-6-3-7-11-15/h2,4-5,8-9,12,15,22-23H,3,6-7,10-11,13H2,1H3. The van der Waals surface area contributed by atoms with Gasteiger partial charge < -0.3 is 15.4 Å². The number of carbonyl (C=O) groups is 1. The van der Waals surface area contributed by atoms with Gasteiger partial charge in [-0.3, -0.25) is 20.2 Å². The van der Waals surface area contributed by atoms with E-state index in [0.29, 0.717) is 6.54 Å². The van der Waals surface area contributed by atoms with Crippen LogP contribution in [0.15, 0.2) is 36.4 Å². The first kappa shape index (κ1) is 22.0. The van der Waals surface area contributed by atoms with Gasteiger partial charge in [-0.05, 0) is 18.4 Å². The van der Waals surface area contributed by atoms with Crippen LogP contribution in [0.1, 0.15) is 48.0 Å². The smallest absolute Gasteiger partial charge is 0.352 e. The first-order valence-electron chi connectivity index (χ1n) is 10.0. The molecule has 1 saturated carbocycles. The Hall–Kier alpha value is -3.69. The van der Waals surface area contributed by atoms with Crippen molar-refractivity contribution >= 4 is 28.7 Å². The molecule has 0 unspecified atom stereocenters. The molecule has 0 heterocycles. The van der Waals surface area contributed by atoms with Crippen molar-refractivity contribution in [3.8, 4) is 0 Å². The van der Waals surface area contributed by atoms with Crippen LogP contribution >= 0.6 is 0 Å². The normalized spacial score (nSPS) is 14.0. The lowest BCUT2D eigenvalue weighted by Crippen LogP contribution is -2.24. The van der Waals surface area contributed by atoms with E-state index in [4.69, 9.17) is 0 Å². The molecule has 0 spiro atoms. The zero-order chi connectivity index (χ0) is 22.4. The maximum Gasteiger partial charge on any atom is 0.352 e. The largest absolute Gasteiger partial charge is 0.465 e. The third-order valence-electron chi connectivity index (χ3n) is 5.33. The van der Waals surface area contributed by atoms with Gasteiger partial charge >= 0.3 is 11.7 Å². The van der Waals surface area contributed by atoms with Gasteiger partial charge in [-0.25, -0.2) is 4.79 Å². The number of carbonyl (C=O) groups excluding carboxylic acids is 1. The van der Waals surface area contributed by atoms with Crippen LogP contribution in [0.4, 0.5) is 22.7 Å². The summed E-state index contributed by atoms with van der Waals surface area (Å²) in [5.74, 6) is -1.13. The molecule has 164 valence electrons. The fourth-order valence-corrected chi connectivity index (χ4v) is 3.81. The van der Waals surface area contributed by atoms with Crippen molar-refractivity contribution in [1.82, 2.24) is 0 Å². The minimum atomic E-state index is -1.13. The molecule has 0 saturated heterocycles. The van der Waals surface area contributed by atoms with Gasteiger partial charge in [-0.2, -0.15) is 0 Å². The number of methoxy groups -OCH3 is 1. The van der Waals surface area contributed by atoms with Crippen molar-refractivity contribution in [1.29, 1.82) is 0 Å². The number of nitrogens with one attached hydrogen (secondary N) is 2. The van der Waals surface area contributed by atoms with E-state index >= 15 is 0 Å². The molecule has 31 heavy (non-hydrogen) atoms. The number of benzene rings is 2. The quantitative estimate of drug-likeness (QED) is 0.352. The molecule has 0 aliphatic heterocycles. The molecule has 1 fully saturated rings. The van der Waals surface area contributed by atoms with Crippen LogP contribution in [0, 0.1) is 20.2 Å². The van der Waals surface area contributed by atoms with E-state index < -0.39 is 32.8 Å². The molecule has 10 heteroatoms. The number of esters is 1. The second-order valence-electron chi connectivity index (χ2n) is 7.37. The lowest BCUT2D eigenvalue weighted by molar-refractivity contribution is -0.394. The highest BCUT2D eigenvalue weighted by Crippen LogP contribution is 2.43. The Morgan fingerprint density at radius 3 is 2.35 bits per heavy atom. The summed E-state index contributed by atoms with van der Waals surface area (Å²) >= 11 is 0. The maximum atomic E-state index is 12.3. The van der Waals surface area contributed by atoms with Gasteiger partial charge in [0.05, 0.1) is 22.6 Å². The number of rotatable bonds is 8. The predicted octanol–water partition coefficient (Wildman–Crippen LogP) is 4.65. The number of nitrogens with zero attached hydrogens (tertiary/aromatic N) is 2. The fraction of sp³-hybridized carbons (Fsp3) is 0.381. The van der Waals surface area contributed by atoms with Gasteiger partial charge in [0.2, 0.25) is 5.56 Å². The molecule has 2 N–H and O–H groups in total. The zero-order valence-corrected chi connectivity index (χ0v) is 17.1. The molecule has 2 aromatic rings. The molecule has 3 rings (SSSR count). The van der Waals surface area contributed by atoms with Gasteiger partial charge in [0, 0.05) is 18.7 Å². The summed E-state index contributed by atoms with van der Waals surface area (Å²) in [7, 11) is 1.03. The van der Waals surface area contributed by atoms with Crippen LogP contribution in [0.5, 0.6) is 0 Å². The highest BCUT2D eigenvalue weighted by Gasteiger charge is 2.38. The van der Waals surface area contributed by atoms with Crippen LogP contribution in [-0.2, 0) is 11.3 Å². The molecule has 1 aliphatic rings. The number of hydrogen-bond donors (Lipinski definition) is 2. The number of nitro benzene ring substituents is 2. The van der Waals surface area contributed by atoms with Crippen molar-refractivity contribution in [3.63, 3.8) is 0 Å². The Bertz CT molecular complexity index is 974.